The van der Waals surface area contributed by atoms with Gasteiger partial charge in [0.15, 0.2) is 0 Å². The number of carbonyl (C=O) groups is 2. The lowest BCUT2D eigenvalue weighted by Gasteiger charge is -2.36. The van der Waals surface area contributed by atoms with E-state index in [0.29, 0.717) is 47.9 Å². The van der Waals surface area contributed by atoms with Crippen molar-refractivity contribution in [2.75, 3.05) is 63.4 Å². The summed E-state index contributed by atoms with van der Waals surface area (Å²) in [6.45, 7) is 6.55. The zero-order valence-corrected chi connectivity index (χ0v) is 40.1. The Balaban J connectivity index is 0.663. The molecule has 0 amide bonds. The standard InChI is InChI=1S/C58H60F4N4O6/c59-47-11-3-41(4-12-47)57(42-5-13-48(60)14-6-42)45-29-35-65(36-30-45)33-1-39-69-53-23-19-51(20-24-53)63-71-55(67)27-28-56(68)72-64-52-21-25-54(26-22-52)70-40-2-34-66-37-31-46(32-38-66)58(43-7-15-49(61)16-8-43)44-9-17-50(62)18-10-44/h3-28,45-46,57-58,63-64H,1-2,29-40H2/b28-27+. The summed E-state index contributed by atoms with van der Waals surface area (Å²) in [5, 5.41) is 0. The van der Waals surface area contributed by atoms with Crippen LogP contribution in [0.5, 0.6) is 11.5 Å². The van der Waals surface area contributed by atoms with E-state index in [1.165, 1.54) is 48.5 Å². The molecule has 2 saturated heterocycles. The van der Waals surface area contributed by atoms with Gasteiger partial charge in [-0.15, -0.1) is 0 Å². The van der Waals surface area contributed by atoms with Crippen molar-refractivity contribution in [1.82, 2.24) is 9.80 Å². The molecule has 0 aromatic heterocycles. The zero-order chi connectivity index (χ0) is 50.1. The lowest BCUT2D eigenvalue weighted by Crippen LogP contribution is -2.36. The van der Waals surface area contributed by atoms with Crippen LogP contribution < -0.4 is 20.4 Å². The number of piperidine rings is 2. The molecule has 0 unspecified atom stereocenters. The average molecular weight is 985 g/mol. The normalized spacial score (nSPS) is 14.9. The highest BCUT2D eigenvalue weighted by atomic mass is 19.1. The van der Waals surface area contributed by atoms with Gasteiger partial charge in [0.2, 0.25) is 0 Å². The maximum atomic E-state index is 13.7. The van der Waals surface area contributed by atoms with Crippen molar-refractivity contribution in [3.63, 3.8) is 0 Å². The van der Waals surface area contributed by atoms with Crippen LogP contribution in [0.3, 0.4) is 0 Å². The molecule has 8 rings (SSSR count). The summed E-state index contributed by atoms with van der Waals surface area (Å²) >= 11 is 0. The van der Waals surface area contributed by atoms with E-state index < -0.39 is 11.9 Å². The van der Waals surface area contributed by atoms with Crippen LogP contribution in [0.1, 0.15) is 72.6 Å². The van der Waals surface area contributed by atoms with Gasteiger partial charge in [0.05, 0.1) is 24.6 Å². The van der Waals surface area contributed by atoms with E-state index in [1.54, 1.807) is 48.5 Å². The molecule has 376 valence electrons. The average Bonchev–Trinajstić information content (AvgIpc) is 3.41. The molecule has 0 saturated carbocycles. The number of hydrogen-bond donors (Lipinski definition) is 2. The smallest absolute Gasteiger partial charge is 0.355 e. The van der Waals surface area contributed by atoms with Crippen LogP contribution in [0.4, 0.5) is 28.9 Å². The summed E-state index contributed by atoms with van der Waals surface area (Å²) in [5.41, 5.74) is 10.3. The van der Waals surface area contributed by atoms with E-state index >= 15 is 0 Å². The molecule has 10 nitrogen and oxygen atoms in total. The first-order valence-electron chi connectivity index (χ1n) is 24.7. The largest absolute Gasteiger partial charge is 0.494 e. The molecule has 2 fully saturated rings. The number of nitrogens with zero attached hydrogens (tertiary/aromatic N) is 2. The van der Waals surface area contributed by atoms with Gasteiger partial charge >= 0.3 is 11.9 Å². The van der Waals surface area contributed by atoms with Crippen molar-refractivity contribution >= 4 is 23.3 Å². The highest BCUT2D eigenvalue weighted by Crippen LogP contribution is 2.40. The van der Waals surface area contributed by atoms with Crippen LogP contribution in [0.25, 0.3) is 0 Å². The molecule has 0 atom stereocenters. The van der Waals surface area contributed by atoms with Gasteiger partial charge in [-0.05, 0) is 196 Å². The second kappa shape index (κ2) is 25.8. The Hall–Kier alpha value is -7.16. The van der Waals surface area contributed by atoms with Gasteiger partial charge in [-0.3, -0.25) is 0 Å². The molecular weight excluding hydrogens is 925 g/mol. The van der Waals surface area contributed by atoms with Gasteiger partial charge in [0.1, 0.15) is 34.8 Å². The van der Waals surface area contributed by atoms with Crippen LogP contribution in [0, 0.1) is 35.1 Å². The molecule has 14 heteroatoms. The number of rotatable bonds is 22. The molecule has 2 N–H and O–H groups in total. The minimum atomic E-state index is -0.805. The van der Waals surface area contributed by atoms with Crippen LogP contribution in [-0.2, 0) is 19.3 Å². The third-order valence-corrected chi connectivity index (χ3v) is 13.5. The number of ether oxygens (including phenoxy) is 2. The maximum absolute atomic E-state index is 13.7. The maximum Gasteiger partial charge on any atom is 0.355 e. The minimum absolute atomic E-state index is 0.0701. The first-order chi connectivity index (χ1) is 35.1. The molecule has 0 bridgehead atoms. The predicted molar refractivity (Wildman–Crippen MR) is 269 cm³/mol. The second-order valence-corrected chi connectivity index (χ2v) is 18.4. The molecule has 6 aromatic carbocycles. The summed E-state index contributed by atoms with van der Waals surface area (Å²) in [5.74, 6) is -0.508. The van der Waals surface area contributed by atoms with E-state index in [4.69, 9.17) is 19.1 Å². The lowest BCUT2D eigenvalue weighted by molar-refractivity contribution is -0.137. The highest BCUT2D eigenvalue weighted by Gasteiger charge is 2.30. The molecule has 2 aliphatic rings. The molecule has 2 heterocycles. The number of likely N-dealkylation sites (tertiary alicyclic amines) is 2. The molecule has 0 spiro atoms. The lowest BCUT2D eigenvalue weighted by atomic mass is 9.76. The number of nitrogens with one attached hydrogen (secondary N) is 2. The molecule has 0 radical (unpaired) electrons. The van der Waals surface area contributed by atoms with Crippen molar-refractivity contribution in [2.24, 2.45) is 11.8 Å². The summed E-state index contributed by atoms with van der Waals surface area (Å²) in [6, 6.07) is 40.5. The Kier molecular flexibility index (Phi) is 18.4. The monoisotopic (exact) mass is 984 g/mol. The van der Waals surface area contributed by atoms with Crippen LogP contribution in [0.2, 0.25) is 0 Å². The first-order valence-corrected chi connectivity index (χ1v) is 24.7. The Morgan fingerprint density at radius 2 is 0.750 bits per heavy atom. The van der Waals surface area contributed by atoms with Gasteiger partial charge in [-0.2, -0.15) is 0 Å². The summed E-state index contributed by atoms with van der Waals surface area (Å²) < 4.78 is 66.8. The number of halogens is 4. The number of anilines is 2. The van der Waals surface area contributed by atoms with Gasteiger partial charge < -0.3 is 28.9 Å². The Morgan fingerprint density at radius 3 is 1.04 bits per heavy atom. The topological polar surface area (TPSA) is 102 Å². The van der Waals surface area contributed by atoms with Crippen molar-refractivity contribution in [3.8, 4) is 11.5 Å². The molecular formula is C58H60F4N4O6. The first kappa shape index (κ1) is 51.2. The number of hydrogen-bond acceptors (Lipinski definition) is 10. The minimum Gasteiger partial charge on any atom is -0.494 e. The Bertz CT molecular complexity index is 2360. The fourth-order valence-corrected chi connectivity index (χ4v) is 9.79. The van der Waals surface area contributed by atoms with E-state index in [0.717, 1.165) is 112 Å². The summed E-state index contributed by atoms with van der Waals surface area (Å²) in [6.07, 6.45) is 7.47. The number of benzene rings is 6. The van der Waals surface area contributed by atoms with E-state index in [-0.39, 0.29) is 35.1 Å². The summed E-state index contributed by atoms with van der Waals surface area (Å²) in [7, 11) is 0. The quantitative estimate of drug-likeness (QED) is 0.0296. The van der Waals surface area contributed by atoms with E-state index in [9.17, 15) is 27.2 Å². The van der Waals surface area contributed by atoms with Crippen molar-refractivity contribution < 1.29 is 46.3 Å². The third kappa shape index (κ3) is 15.2. The van der Waals surface area contributed by atoms with Gasteiger partial charge in [-0.1, -0.05) is 48.5 Å². The Labute approximate surface area is 418 Å². The fraction of sp³-hybridized carbons (Fsp3) is 0.310. The summed E-state index contributed by atoms with van der Waals surface area (Å²) in [4.78, 5) is 39.5. The highest BCUT2D eigenvalue weighted by molar-refractivity contribution is 5.92. The van der Waals surface area contributed by atoms with Gasteiger partial charge in [-0.25, -0.2) is 38.1 Å². The van der Waals surface area contributed by atoms with Crippen LogP contribution in [0.15, 0.2) is 158 Å². The third-order valence-electron chi connectivity index (χ3n) is 13.5. The fourth-order valence-electron chi connectivity index (χ4n) is 9.79. The van der Waals surface area contributed by atoms with Crippen molar-refractivity contribution in [2.45, 2.75) is 50.4 Å². The van der Waals surface area contributed by atoms with Gasteiger partial charge in [0, 0.05) is 37.1 Å². The van der Waals surface area contributed by atoms with Gasteiger partial charge in [0.25, 0.3) is 0 Å². The molecule has 6 aromatic rings. The van der Waals surface area contributed by atoms with Crippen LogP contribution in [-0.4, -0.2) is 74.2 Å². The predicted octanol–water partition coefficient (Wildman–Crippen LogP) is 11.9. The SMILES string of the molecule is O=C(/C=C/C(=O)ONc1ccc(OCCCN2CCC(C(c3ccc(F)cc3)c3ccc(F)cc3)CC2)cc1)ONc1ccc(OCCCN2CCC(C(c3ccc(F)cc3)c3ccc(F)cc3)CC2)cc1. The zero-order valence-electron chi connectivity index (χ0n) is 40.1. The van der Waals surface area contributed by atoms with E-state index in [2.05, 4.69) is 20.8 Å². The van der Waals surface area contributed by atoms with Crippen molar-refractivity contribution in [1.29, 1.82) is 0 Å². The van der Waals surface area contributed by atoms with E-state index in [1.807, 2.05) is 48.5 Å². The van der Waals surface area contributed by atoms with Crippen LogP contribution >= 0.6 is 0 Å². The molecule has 72 heavy (non-hydrogen) atoms. The van der Waals surface area contributed by atoms with Crippen molar-refractivity contribution in [3.05, 3.63) is 203 Å². The molecule has 2 aliphatic heterocycles. The molecule has 0 aliphatic carbocycles. The Morgan fingerprint density at radius 1 is 0.458 bits per heavy atom. The second-order valence-electron chi connectivity index (χ2n) is 18.4. The number of carbonyl (C=O) groups excluding carboxylic acids is 2.